The van der Waals surface area contributed by atoms with Gasteiger partial charge < -0.3 is 15.2 Å². The minimum Gasteiger partial charge on any atom is -0.548 e. The highest BCUT2D eigenvalue weighted by Crippen LogP contribution is 2.10. The summed E-state index contributed by atoms with van der Waals surface area (Å²) in [6.07, 6.45) is -0.239. The van der Waals surface area contributed by atoms with Crippen LogP contribution < -0.4 is 10.4 Å². The second-order valence-electron chi connectivity index (χ2n) is 3.55. The molecule has 6 heteroatoms. The molecule has 1 aromatic carbocycles. The molecule has 1 rings (SSSR count). The second kappa shape index (κ2) is 5.38. The van der Waals surface area contributed by atoms with Crippen molar-refractivity contribution < 1.29 is 23.5 Å². The third-order valence-electron chi connectivity index (χ3n) is 2.02. The van der Waals surface area contributed by atoms with E-state index in [4.69, 9.17) is 0 Å². The average Bonchev–Trinajstić information content (AvgIpc) is 2.13. The number of nitrogens with one attached hydrogen (secondary N) is 1. The van der Waals surface area contributed by atoms with E-state index in [2.05, 4.69) is 5.32 Å². The number of carboxylic acid groups (broad SMARTS) is 1. The lowest BCUT2D eigenvalue weighted by Crippen LogP contribution is -2.48. The number of hydrogen-bond donors (Lipinski definition) is 1. The molecule has 0 aromatic heterocycles. The summed E-state index contributed by atoms with van der Waals surface area (Å²) < 4.78 is 25.7. The first-order valence-electron chi connectivity index (χ1n) is 4.81. The van der Waals surface area contributed by atoms with Crippen LogP contribution in [0.1, 0.15) is 12.5 Å². The predicted molar refractivity (Wildman–Crippen MR) is 52.7 cm³/mol. The summed E-state index contributed by atoms with van der Waals surface area (Å²) >= 11 is 0. The van der Waals surface area contributed by atoms with Crippen LogP contribution in [0.25, 0.3) is 0 Å². The fourth-order valence-corrected chi connectivity index (χ4v) is 1.40. The maximum Gasteiger partial charge on any atom is 0.217 e. The third-order valence-corrected chi connectivity index (χ3v) is 2.02. The first kappa shape index (κ1) is 13.1. The number of aliphatic carboxylic acids is 1. The van der Waals surface area contributed by atoms with Crippen LogP contribution >= 0.6 is 0 Å². The molecule has 0 aliphatic carbocycles. The number of rotatable bonds is 4. The van der Waals surface area contributed by atoms with Gasteiger partial charge in [0.1, 0.15) is 11.6 Å². The van der Waals surface area contributed by atoms with Crippen molar-refractivity contribution in [3.8, 4) is 0 Å². The molecule has 1 aromatic rings. The Morgan fingerprint density at radius 1 is 1.29 bits per heavy atom. The quantitative estimate of drug-likeness (QED) is 0.792. The van der Waals surface area contributed by atoms with E-state index in [1.54, 1.807) is 0 Å². The average molecular weight is 242 g/mol. The highest BCUT2D eigenvalue weighted by Gasteiger charge is 2.13. The third kappa shape index (κ3) is 4.18. The fourth-order valence-electron chi connectivity index (χ4n) is 1.40. The Bertz CT molecular complexity index is 428. The molecule has 0 saturated heterocycles. The van der Waals surface area contributed by atoms with E-state index < -0.39 is 29.6 Å². The van der Waals surface area contributed by atoms with Crippen LogP contribution in [0.3, 0.4) is 0 Å². The molecule has 92 valence electrons. The van der Waals surface area contributed by atoms with Gasteiger partial charge in [-0.15, -0.1) is 0 Å². The summed E-state index contributed by atoms with van der Waals surface area (Å²) in [7, 11) is 0. The Morgan fingerprint density at radius 3 is 2.24 bits per heavy atom. The van der Waals surface area contributed by atoms with Crippen molar-refractivity contribution >= 4 is 11.9 Å². The molecular formula is C11H10F2NO3-. The van der Waals surface area contributed by atoms with Crippen molar-refractivity contribution in [3.05, 3.63) is 35.4 Å². The van der Waals surface area contributed by atoms with E-state index in [1.165, 1.54) is 0 Å². The number of carbonyl (C=O) groups is 2. The van der Waals surface area contributed by atoms with Crippen molar-refractivity contribution in [1.82, 2.24) is 5.32 Å². The molecule has 0 fully saturated rings. The van der Waals surface area contributed by atoms with E-state index in [9.17, 15) is 23.5 Å². The van der Waals surface area contributed by atoms with Gasteiger partial charge in [0.25, 0.3) is 0 Å². The lowest BCUT2D eigenvalue weighted by atomic mass is 10.1. The van der Waals surface area contributed by atoms with Gasteiger partial charge in [-0.25, -0.2) is 8.78 Å². The van der Waals surface area contributed by atoms with Gasteiger partial charge in [-0.1, -0.05) is 0 Å². The summed E-state index contributed by atoms with van der Waals surface area (Å²) in [4.78, 5) is 21.4. The van der Waals surface area contributed by atoms with Crippen LogP contribution in [-0.4, -0.2) is 17.9 Å². The van der Waals surface area contributed by atoms with E-state index in [-0.39, 0.29) is 12.0 Å². The van der Waals surface area contributed by atoms with Crippen LogP contribution in [0.2, 0.25) is 0 Å². The van der Waals surface area contributed by atoms with Crippen molar-refractivity contribution in [3.63, 3.8) is 0 Å². The second-order valence-corrected chi connectivity index (χ2v) is 3.55. The topological polar surface area (TPSA) is 69.2 Å². The summed E-state index contributed by atoms with van der Waals surface area (Å²) in [6.45, 7) is 1.14. The Balaban J connectivity index is 2.85. The number of halogens is 2. The summed E-state index contributed by atoms with van der Waals surface area (Å²) in [5.74, 6) is -3.68. The molecule has 0 radical (unpaired) electrons. The molecule has 1 N–H and O–H groups in total. The SMILES string of the molecule is CC(=O)N[C@@H](Cc1cc(F)cc(F)c1)C(=O)[O-]. The van der Waals surface area contributed by atoms with Crippen LogP contribution in [-0.2, 0) is 16.0 Å². The lowest BCUT2D eigenvalue weighted by Gasteiger charge is -2.18. The predicted octanol–water partition coefficient (Wildman–Crippen LogP) is -0.238. The number of benzene rings is 1. The van der Waals surface area contributed by atoms with Gasteiger partial charge in [-0.2, -0.15) is 0 Å². The maximum absolute atomic E-state index is 12.9. The summed E-state index contributed by atoms with van der Waals surface area (Å²) in [5.41, 5.74) is 0.130. The molecule has 0 spiro atoms. The van der Waals surface area contributed by atoms with Crippen LogP contribution in [0, 0.1) is 11.6 Å². The molecule has 0 saturated carbocycles. The van der Waals surface area contributed by atoms with Gasteiger partial charge in [-0.3, -0.25) is 4.79 Å². The fraction of sp³-hybridized carbons (Fsp3) is 0.273. The van der Waals surface area contributed by atoms with Crippen molar-refractivity contribution in [2.24, 2.45) is 0 Å². The maximum atomic E-state index is 12.9. The largest absolute Gasteiger partial charge is 0.548 e. The molecule has 0 unspecified atom stereocenters. The standard InChI is InChI=1S/C11H11F2NO3/c1-6(15)14-10(11(16)17)4-7-2-8(12)5-9(13)3-7/h2-3,5,10H,4H2,1H3,(H,14,15)(H,16,17)/p-1/t10-/m0/s1. The molecule has 1 atom stereocenters. The van der Waals surface area contributed by atoms with E-state index in [0.29, 0.717) is 6.07 Å². The van der Waals surface area contributed by atoms with Gasteiger partial charge in [0, 0.05) is 13.0 Å². The molecule has 17 heavy (non-hydrogen) atoms. The van der Waals surface area contributed by atoms with E-state index in [0.717, 1.165) is 19.1 Å². The molecule has 0 heterocycles. The van der Waals surface area contributed by atoms with Gasteiger partial charge >= 0.3 is 0 Å². The number of carboxylic acids is 1. The summed E-state index contributed by atoms with van der Waals surface area (Å²) in [5, 5.41) is 12.8. The van der Waals surface area contributed by atoms with Crippen molar-refractivity contribution in [2.45, 2.75) is 19.4 Å². The van der Waals surface area contributed by atoms with Crippen LogP contribution in [0.5, 0.6) is 0 Å². The Labute approximate surface area is 96.3 Å². The normalized spacial score (nSPS) is 11.9. The molecule has 0 bridgehead atoms. The van der Waals surface area contributed by atoms with Gasteiger partial charge in [0.05, 0.1) is 12.0 Å². The minimum absolute atomic E-state index is 0.130. The monoisotopic (exact) mass is 242 g/mol. The highest BCUT2D eigenvalue weighted by atomic mass is 19.1. The number of hydrogen-bond acceptors (Lipinski definition) is 3. The minimum atomic E-state index is -1.51. The lowest BCUT2D eigenvalue weighted by molar-refractivity contribution is -0.308. The molecule has 0 aliphatic heterocycles. The van der Waals surface area contributed by atoms with Crippen molar-refractivity contribution in [2.75, 3.05) is 0 Å². The smallest absolute Gasteiger partial charge is 0.217 e. The molecule has 4 nitrogen and oxygen atoms in total. The molecule has 1 amide bonds. The van der Waals surface area contributed by atoms with Crippen molar-refractivity contribution in [1.29, 1.82) is 0 Å². The first-order chi connectivity index (χ1) is 7.88. The van der Waals surface area contributed by atoms with Crippen LogP contribution in [0.4, 0.5) is 8.78 Å². The van der Waals surface area contributed by atoms with Gasteiger partial charge in [-0.05, 0) is 24.1 Å². The zero-order valence-electron chi connectivity index (χ0n) is 9.00. The summed E-state index contributed by atoms with van der Waals surface area (Å²) in [6, 6.07) is 1.37. The van der Waals surface area contributed by atoms with Gasteiger partial charge in [0.2, 0.25) is 5.91 Å². The van der Waals surface area contributed by atoms with Crippen LogP contribution in [0.15, 0.2) is 18.2 Å². The first-order valence-corrected chi connectivity index (χ1v) is 4.81. The van der Waals surface area contributed by atoms with Gasteiger partial charge in [0.15, 0.2) is 0 Å². The number of amides is 1. The van der Waals surface area contributed by atoms with E-state index in [1.807, 2.05) is 0 Å². The molecule has 0 aliphatic rings. The van der Waals surface area contributed by atoms with E-state index >= 15 is 0 Å². The number of carbonyl (C=O) groups excluding carboxylic acids is 2. The zero-order valence-corrected chi connectivity index (χ0v) is 9.00. The highest BCUT2D eigenvalue weighted by molar-refractivity contribution is 5.81. The molecular weight excluding hydrogens is 232 g/mol. The Kier molecular flexibility index (Phi) is 4.14. The Hall–Kier alpha value is -1.98. The zero-order chi connectivity index (χ0) is 13.0. The Morgan fingerprint density at radius 2 is 1.82 bits per heavy atom.